The summed E-state index contributed by atoms with van der Waals surface area (Å²) in [5, 5.41) is 11.6. The Morgan fingerprint density at radius 1 is 1.43 bits per heavy atom. The minimum atomic E-state index is -0.0339. The van der Waals surface area contributed by atoms with E-state index in [2.05, 4.69) is 28.1 Å². The number of carbonyl (C=O) groups is 1. The second kappa shape index (κ2) is 7.91. The van der Waals surface area contributed by atoms with Gasteiger partial charge in [-0.3, -0.25) is 4.79 Å². The molecule has 0 radical (unpaired) electrons. The van der Waals surface area contributed by atoms with Crippen molar-refractivity contribution in [2.24, 2.45) is 10.2 Å². The van der Waals surface area contributed by atoms with Crippen molar-refractivity contribution in [1.82, 2.24) is 5.32 Å². The molecule has 1 aromatic rings. The summed E-state index contributed by atoms with van der Waals surface area (Å²) in [5.41, 5.74) is 0.914. The summed E-state index contributed by atoms with van der Waals surface area (Å²) < 4.78 is 0. The van der Waals surface area contributed by atoms with Crippen molar-refractivity contribution in [2.45, 2.75) is 35.3 Å². The van der Waals surface area contributed by atoms with Crippen molar-refractivity contribution in [3.8, 4) is 0 Å². The van der Waals surface area contributed by atoms with Gasteiger partial charge in [-0.15, -0.1) is 29.5 Å². The third-order valence-electron chi connectivity index (χ3n) is 2.74. The molecular weight excluding hydrogens is 322 g/mol. The highest BCUT2D eigenvalue weighted by atomic mass is 32.2. The standard InChI is InChI=1S/C14H17N3OS3/c1-3-12-13(18)15-14(21-12)17-16-9(2)8-20-11-6-4-10(19)5-7-11/h4-7,12,19H,3,8H2,1-2H3,(H,15,17,18)/b16-9+. The van der Waals surface area contributed by atoms with Crippen molar-refractivity contribution in [3.63, 3.8) is 0 Å². The second-order valence-corrected chi connectivity index (χ2v) is 7.28. The van der Waals surface area contributed by atoms with E-state index >= 15 is 0 Å². The molecule has 0 bridgehead atoms. The van der Waals surface area contributed by atoms with Crippen LogP contribution in [0.3, 0.4) is 0 Å². The third-order valence-corrected chi connectivity index (χ3v) is 5.45. The van der Waals surface area contributed by atoms with E-state index in [1.165, 1.54) is 16.7 Å². The molecule has 1 atom stereocenters. The Morgan fingerprint density at radius 2 is 2.14 bits per heavy atom. The van der Waals surface area contributed by atoms with Crippen LogP contribution >= 0.6 is 36.2 Å². The molecule has 1 fully saturated rings. The second-order valence-electron chi connectivity index (χ2n) is 4.53. The molecular formula is C14H17N3OS3. The van der Waals surface area contributed by atoms with Crippen LogP contribution in [0, 0.1) is 0 Å². The fraction of sp³-hybridized carbons (Fsp3) is 0.357. The normalized spacial score (nSPS) is 20.9. The van der Waals surface area contributed by atoms with E-state index in [0.29, 0.717) is 5.17 Å². The summed E-state index contributed by atoms with van der Waals surface area (Å²) in [6, 6.07) is 8.00. The maximum Gasteiger partial charge on any atom is 0.239 e. The first-order chi connectivity index (χ1) is 10.1. The van der Waals surface area contributed by atoms with E-state index in [1.54, 1.807) is 11.8 Å². The van der Waals surface area contributed by atoms with Crippen molar-refractivity contribution >= 4 is 52.9 Å². The van der Waals surface area contributed by atoms with Gasteiger partial charge in [0.2, 0.25) is 5.91 Å². The Kier molecular flexibility index (Phi) is 6.20. The van der Waals surface area contributed by atoms with Gasteiger partial charge in [-0.1, -0.05) is 18.7 Å². The Labute approximate surface area is 138 Å². The van der Waals surface area contributed by atoms with Gasteiger partial charge in [0, 0.05) is 21.3 Å². The fourth-order valence-corrected chi connectivity index (χ4v) is 3.37. The average molecular weight is 340 g/mol. The highest BCUT2D eigenvalue weighted by molar-refractivity contribution is 8.15. The number of thioether (sulfide) groups is 2. The zero-order chi connectivity index (χ0) is 15.2. The summed E-state index contributed by atoms with van der Waals surface area (Å²) >= 11 is 7.40. The summed E-state index contributed by atoms with van der Waals surface area (Å²) in [6.45, 7) is 3.92. The minimum absolute atomic E-state index is 0.0234. The number of rotatable bonds is 5. The topological polar surface area (TPSA) is 53.8 Å². The smallest absolute Gasteiger partial charge is 0.239 e. The van der Waals surface area contributed by atoms with Crippen molar-refractivity contribution in [2.75, 3.05) is 5.75 Å². The number of thiol groups is 1. The molecule has 0 aliphatic carbocycles. The zero-order valence-corrected chi connectivity index (χ0v) is 14.4. The van der Waals surface area contributed by atoms with Crippen LogP contribution in [-0.2, 0) is 4.79 Å². The van der Waals surface area contributed by atoms with E-state index in [9.17, 15) is 4.79 Å². The fourth-order valence-electron chi connectivity index (χ4n) is 1.61. The van der Waals surface area contributed by atoms with E-state index in [0.717, 1.165) is 22.8 Å². The molecule has 1 unspecified atom stereocenters. The number of amides is 1. The Hall–Kier alpha value is -0.920. The zero-order valence-electron chi connectivity index (χ0n) is 11.9. The number of hydrogen-bond acceptors (Lipinski definition) is 6. The quantitative estimate of drug-likeness (QED) is 0.374. The molecule has 1 saturated heterocycles. The maximum atomic E-state index is 11.5. The summed E-state index contributed by atoms with van der Waals surface area (Å²) in [7, 11) is 0. The Balaban J connectivity index is 1.87. The van der Waals surface area contributed by atoms with Crippen LogP contribution < -0.4 is 5.32 Å². The van der Waals surface area contributed by atoms with Crippen LogP contribution in [0.25, 0.3) is 0 Å². The van der Waals surface area contributed by atoms with Crippen LogP contribution in [0.15, 0.2) is 44.3 Å². The minimum Gasteiger partial charge on any atom is -0.303 e. The van der Waals surface area contributed by atoms with Gasteiger partial charge in [-0.05, 0) is 37.6 Å². The van der Waals surface area contributed by atoms with Gasteiger partial charge in [0.15, 0.2) is 5.17 Å². The molecule has 1 aromatic carbocycles. The summed E-state index contributed by atoms with van der Waals surface area (Å²) in [5.74, 6) is 0.786. The molecule has 1 aliphatic heterocycles. The molecule has 0 saturated carbocycles. The highest BCUT2D eigenvalue weighted by Crippen LogP contribution is 2.22. The first-order valence-electron chi connectivity index (χ1n) is 6.59. The first-order valence-corrected chi connectivity index (χ1v) is 8.90. The lowest BCUT2D eigenvalue weighted by atomic mass is 10.3. The van der Waals surface area contributed by atoms with Gasteiger partial charge >= 0.3 is 0 Å². The lowest BCUT2D eigenvalue weighted by Gasteiger charge is -2.01. The molecule has 7 heteroatoms. The van der Waals surface area contributed by atoms with Crippen LogP contribution in [0.4, 0.5) is 0 Å². The predicted octanol–water partition coefficient (Wildman–Crippen LogP) is 3.44. The van der Waals surface area contributed by atoms with E-state index in [1.807, 2.05) is 38.1 Å². The molecule has 2 rings (SSSR count). The van der Waals surface area contributed by atoms with Gasteiger partial charge in [-0.2, -0.15) is 5.10 Å². The van der Waals surface area contributed by atoms with Crippen molar-refractivity contribution in [1.29, 1.82) is 0 Å². The van der Waals surface area contributed by atoms with Gasteiger partial charge in [0.25, 0.3) is 0 Å². The van der Waals surface area contributed by atoms with Crippen LogP contribution in [0.2, 0.25) is 0 Å². The highest BCUT2D eigenvalue weighted by Gasteiger charge is 2.28. The summed E-state index contributed by atoms with van der Waals surface area (Å²) in [4.78, 5) is 13.7. The molecule has 1 N–H and O–H groups in total. The number of nitrogens with one attached hydrogen (secondary N) is 1. The Morgan fingerprint density at radius 3 is 2.76 bits per heavy atom. The third kappa shape index (κ3) is 5.09. The van der Waals surface area contributed by atoms with Gasteiger partial charge in [0.05, 0.1) is 5.25 Å². The SMILES string of the molecule is CCC1S/C(=N/N=C(\C)CSc2ccc(S)cc2)NC1=O. The van der Waals surface area contributed by atoms with Gasteiger partial charge < -0.3 is 5.32 Å². The van der Waals surface area contributed by atoms with Crippen LogP contribution in [-0.4, -0.2) is 27.8 Å². The maximum absolute atomic E-state index is 11.5. The molecule has 1 aliphatic rings. The number of nitrogens with zero attached hydrogens (tertiary/aromatic N) is 2. The monoisotopic (exact) mass is 339 g/mol. The Bertz CT molecular complexity index is 569. The first kappa shape index (κ1) is 16.5. The largest absolute Gasteiger partial charge is 0.303 e. The molecule has 0 spiro atoms. The average Bonchev–Trinajstić information content (AvgIpc) is 2.85. The number of carbonyl (C=O) groups excluding carboxylic acids is 1. The number of hydrogen-bond donors (Lipinski definition) is 2. The lowest BCUT2D eigenvalue weighted by molar-refractivity contribution is -0.118. The van der Waals surface area contributed by atoms with E-state index in [4.69, 9.17) is 0 Å². The molecule has 112 valence electrons. The lowest BCUT2D eigenvalue weighted by Crippen LogP contribution is -2.24. The molecule has 1 amide bonds. The predicted molar refractivity (Wildman–Crippen MR) is 94.8 cm³/mol. The van der Waals surface area contributed by atoms with E-state index in [-0.39, 0.29) is 11.2 Å². The molecule has 21 heavy (non-hydrogen) atoms. The molecule has 1 heterocycles. The summed E-state index contributed by atoms with van der Waals surface area (Å²) in [6.07, 6.45) is 0.801. The number of benzene rings is 1. The molecule has 4 nitrogen and oxygen atoms in total. The molecule has 0 aromatic heterocycles. The van der Waals surface area contributed by atoms with Gasteiger partial charge in [-0.25, -0.2) is 0 Å². The van der Waals surface area contributed by atoms with Crippen LogP contribution in [0.1, 0.15) is 20.3 Å². The van der Waals surface area contributed by atoms with Gasteiger partial charge in [0.1, 0.15) is 0 Å². The number of amidine groups is 1. The van der Waals surface area contributed by atoms with Crippen LogP contribution in [0.5, 0.6) is 0 Å². The van der Waals surface area contributed by atoms with E-state index < -0.39 is 0 Å². The van der Waals surface area contributed by atoms with Crippen molar-refractivity contribution in [3.05, 3.63) is 24.3 Å². The van der Waals surface area contributed by atoms with Crippen molar-refractivity contribution < 1.29 is 4.79 Å².